The molecule has 0 fully saturated rings. The summed E-state index contributed by atoms with van der Waals surface area (Å²) in [5.41, 5.74) is 3.56. The Bertz CT molecular complexity index is 612. The number of halogens is 1. The maximum Gasteiger partial charge on any atom is 0.123 e. The van der Waals surface area contributed by atoms with E-state index >= 15 is 0 Å². The molecular weight excluding hydrogens is 269 g/mol. The number of thioether (sulfide) groups is 1. The van der Waals surface area contributed by atoms with E-state index in [0.29, 0.717) is 6.04 Å². The fourth-order valence-electron chi connectivity index (χ4n) is 2.79. The number of hydrogen-bond acceptors (Lipinski definition) is 2. The minimum atomic E-state index is -0.133. The molecule has 1 atom stereocenters. The third-order valence-corrected chi connectivity index (χ3v) is 4.66. The third kappa shape index (κ3) is 2.68. The summed E-state index contributed by atoms with van der Waals surface area (Å²) in [6.45, 7) is 2.16. The van der Waals surface area contributed by atoms with Gasteiger partial charge in [0.25, 0.3) is 0 Å². The van der Waals surface area contributed by atoms with Gasteiger partial charge in [-0.1, -0.05) is 25.1 Å². The van der Waals surface area contributed by atoms with Crippen molar-refractivity contribution in [2.75, 3.05) is 11.1 Å². The van der Waals surface area contributed by atoms with Crippen LogP contribution in [0, 0.1) is 5.82 Å². The standard InChI is InChI=1S/C17H18FNS/c1-2-20-17-6-4-3-5-16(17)19-15-10-7-12-11-13(18)8-9-14(12)15/h3-6,8-9,11,15,19H,2,7,10H2,1H3. The molecule has 2 aromatic rings. The van der Waals surface area contributed by atoms with Crippen LogP contribution < -0.4 is 5.32 Å². The van der Waals surface area contributed by atoms with Crippen LogP contribution in [0.5, 0.6) is 0 Å². The lowest BCUT2D eigenvalue weighted by Crippen LogP contribution is -2.07. The number of fused-ring (bicyclic) bond motifs is 1. The first-order chi connectivity index (χ1) is 9.78. The molecule has 0 aromatic heterocycles. The minimum absolute atomic E-state index is 0.133. The Balaban J connectivity index is 1.84. The molecule has 2 aromatic carbocycles. The quantitative estimate of drug-likeness (QED) is 0.791. The van der Waals surface area contributed by atoms with Crippen LogP contribution in [0.1, 0.15) is 30.5 Å². The average Bonchev–Trinajstić information content (AvgIpc) is 2.83. The van der Waals surface area contributed by atoms with Gasteiger partial charge in [-0.2, -0.15) is 0 Å². The van der Waals surface area contributed by atoms with Crippen LogP contribution >= 0.6 is 11.8 Å². The fourth-order valence-corrected chi connectivity index (χ4v) is 3.56. The maximum absolute atomic E-state index is 13.3. The zero-order valence-electron chi connectivity index (χ0n) is 11.5. The summed E-state index contributed by atoms with van der Waals surface area (Å²) in [6, 6.07) is 13.9. The molecule has 0 amide bonds. The van der Waals surface area contributed by atoms with Crippen LogP contribution in [0.4, 0.5) is 10.1 Å². The molecule has 3 heteroatoms. The fraction of sp³-hybridized carbons (Fsp3) is 0.294. The van der Waals surface area contributed by atoms with Crippen molar-refractivity contribution in [1.29, 1.82) is 0 Å². The zero-order chi connectivity index (χ0) is 13.9. The molecule has 3 rings (SSSR count). The van der Waals surface area contributed by atoms with Gasteiger partial charge in [0.05, 0.1) is 6.04 Å². The lowest BCUT2D eigenvalue weighted by Gasteiger charge is -2.18. The topological polar surface area (TPSA) is 12.0 Å². The molecule has 104 valence electrons. The maximum atomic E-state index is 13.3. The number of nitrogens with one attached hydrogen (secondary N) is 1. The molecular formula is C17H18FNS. The van der Waals surface area contributed by atoms with Gasteiger partial charge in [-0.3, -0.25) is 0 Å². The summed E-state index contributed by atoms with van der Waals surface area (Å²) >= 11 is 1.85. The van der Waals surface area contributed by atoms with Gasteiger partial charge in [-0.15, -0.1) is 11.8 Å². The molecule has 0 radical (unpaired) electrons. The van der Waals surface area contributed by atoms with Crippen LogP contribution in [-0.4, -0.2) is 5.75 Å². The molecule has 0 bridgehead atoms. The van der Waals surface area contributed by atoms with Gasteiger partial charge in [-0.05, 0) is 54.0 Å². The highest BCUT2D eigenvalue weighted by Crippen LogP contribution is 2.36. The minimum Gasteiger partial charge on any atom is -0.377 e. The molecule has 0 saturated carbocycles. The Hall–Kier alpha value is -1.48. The Morgan fingerprint density at radius 2 is 2.10 bits per heavy atom. The molecule has 1 unspecified atom stereocenters. The second kappa shape index (κ2) is 5.88. The predicted octanol–water partition coefficient (Wildman–Crippen LogP) is 5.04. The van der Waals surface area contributed by atoms with Crippen molar-refractivity contribution < 1.29 is 4.39 Å². The number of hydrogen-bond donors (Lipinski definition) is 1. The van der Waals surface area contributed by atoms with E-state index in [-0.39, 0.29) is 5.82 Å². The summed E-state index contributed by atoms with van der Waals surface area (Å²) in [6.07, 6.45) is 1.98. The van der Waals surface area contributed by atoms with Crippen molar-refractivity contribution in [2.24, 2.45) is 0 Å². The van der Waals surface area contributed by atoms with Crippen LogP contribution in [-0.2, 0) is 6.42 Å². The van der Waals surface area contributed by atoms with Gasteiger partial charge in [0.1, 0.15) is 5.82 Å². The van der Waals surface area contributed by atoms with Crippen molar-refractivity contribution in [3.63, 3.8) is 0 Å². The Morgan fingerprint density at radius 1 is 1.25 bits per heavy atom. The monoisotopic (exact) mass is 287 g/mol. The number of aryl methyl sites for hydroxylation is 1. The first-order valence-electron chi connectivity index (χ1n) is 7.04. The molecule has 1 nitrogen and oxygen atoms in total. The van der Waals surface area contributed by atoms with Gasteiger partial charge >= 0.3 is 0 Å². The molecule has 0 heterocycles. The van der Waals surface area contributed by atoms with E-state index in [0.717, 1.165) is 24.2 Å². The molecule has 0 aliphatic heterocycles. The highest BCUT2D eigenvalue weighted by molar-refractivity contribution is 7.99. The first kappa shape index (κ1) is 13.5. The lowest BCUT2D eigenvalue weighted by atomic mass is 10.1. The highest BCUT2D eigenvalue weighted by atomic mass is 32.2. The van der Waals surface area contributed by atoms with Crippen molar-refractivity contribution in [3.05, 3.63) is 59.4 Å². The van der Waals surface area contributed by atoms with Gasteiger partial charge < -0.3 is 5.32 Å². The molecule has 0 spiro atoms. The lowest BCUT2D eigenvalue weighted by molar-refractivity contribution is 0.626. The summed E-state index contributed by atoms with van der Waals surface area (Å²) < 4.78 is 13.3. The number of benzene rings is 2. The van der Waals surface area contributed by atoms with Crippen LogP contribution in [0.3, 0.4) is 0 Å². The van der Waals surface area contributed by atoms with Crippen molar-refractivity contribution in [2.45, 2.75) is 30.7 Å². The van der Waals surface area contributed by atoms with E-state index in [1.807, 2.05) is 17.8 Å². The van der Waals surface area contributed by atoms with Gasteiger partial charge in [0.2, 0.25) is 0 Å². The third-order valence-electron chi connectivity index (χ3n) is 3.70. The van der Waals surface area contributed by atoms with E-state index in [2.05, 4.69) is 36.5 Å². The van der Waals surface area contributed by atoms with E-state index in [9.17, 15) is 4.39 Å². The molecule has 0 saturated heterocycles. The van der Waals surface area contributed by atoms with Gasteiger partial charge in [-0.25, -0.2) is 4.39 Å². The highest BCUT2D eigenvalue weighted by Gasteiger charge is 2.23. The Kier molecular flexibility index (Phi) is 3.97. The summed E-state index contributed by atoms with van der Waals surface area (Å²) in [7, 11) is 0. The number of anilines is 1. The van der Waals surface area contributed by atoms with Gasteiger partial charge in [0, 0.05) is 10.6 Å². The van der Waals surface area contributed by atoms with Crippen LogP contribution in [0.25, 0.3) is 0 Å². The summed E-state index contributed by atoms with van der Waals surface area (Å²) in [5, 5.41) is 3.63. The summed E-state index contributed by atoms with van der Waals surface area (Å²) in [4.78, 5) is 1.28. The SMILES string of the molecule is CCSc1ccccc1NC1CCc2cc(F)ccc21. The van der Waals surface area contributed by atoms with E-state index in [1.54, 1.807) is 12.1 Å². The summed E-state index contributed by atoms with van der Waals surface area (Å²) in [5.74, 6) is 0.928. The molecule has 1 N–H and O–H groups in total. The second-order valence-electron chi connectivity index (χ2n) is 5.01. The second-order valence-corrected chi connectivity index (χ2v) is 6.31. The van der Waals surface area contributed by atoms with Crippen LogP contribution in [0.15, 0.2) is 47.4 Å². The van der Waals surface area contributed by atoms with Crippen molar-refractivity contribution >= 4 is 17.4 Å². The Morgan fingerprint density at radius 3 is 2.95 bits per heavy atom. The molecule has 1 aliphatic carbocycles. The zero-order valence-corrected chi connectivity index (χ0v) is 12.3. The Labute approximate surface area is 123 Å². The van der Waals surface area contributed by atoms with Crippen molar-refractivity contribution in [3.8, 4) is 0 Å². The average molecular weight is 287 g/mol. The van der Waals surface area contributed by atoms with Crippen molar-refractivity contribution in [1.82, 2.24) is 0 Å². The number of para-hydroxylation sites is 1. The largest absolute Gasteiger partial charge is 0.377 e. The predicted molar refractivity (Wildman–Crippen MR) is 83.9 cm³/mol. The van der Waals surface area contributed by atoms with E-state index in [1.165, 1.54) is 16.1 Å². The van der Waals surface area contributed by atoms with E-state index in [4.69, 9.17) is 0 Å². The van der Waals surface area contributed by atoms with Gasteiger partial charge in [0.15, 0.2) is 0 Å². The molecule has 20 heavy (non-hydrogen) atoms. The first-order valence-corrected chi connectivity index (χ1v) is 8.03. The van der Waals surface area contributed by atoms with Crippen LogP contribution in [0.2, 0.25) is 0 Å². The smallest absolute Gasteiger partial charge is 0.123 e. The number of rotatable bonds is 4. The molecule has 1 aliphatic rings. The van der Waals surface area contributed by atoms with E-state index < -0.39 is 0 Å². The normalized spacial score (nSPS) is 17.0.